The number of likely N-dealkylation sites (N-methyl/N-ethyl adjacent to an activating group) is 1. The van der Waals surface area contributed by atoms with Crippen LogP contribution in [0.5, 0.6) is 0 Å². The number of alkyl halides is 3. The van der Waals surface area contributed by atoms with Crippen LogP contribution in [0.4, 0.5) is 18.9 Å². The number of halogens is 4. The van der Waals surface area contributed by atoms with Gasteiger partial charge in [-0.3, -0.25) is 9.59 Å². The van der Waals surface area contributed by atoms with Gasteiger partial charge in [-0.25, -0.2) is 0 Å². The maximum absolute atomic E-state index is 13.0. The Morgan fingerprint density at radius 2 is 1.81 bits per heavy atom. The van der Waals surface area contributed by atoms with E-state index in [-0.39, 0.29) is 22.6 Å². The lowest BCUT2D eigenvalue weighted by Gasteiger charge is -2.18. The molecule has 0 radical (unpaired) electrons. The molecule has 32 heavy (non-hydrogen) atoms. The van der Waals surface area contributed by atoms with E-state index in [9.17, 15) is 22.8 Å². The first kappa shape index (κ1) is 23.6. The predicted octanol–water partition coefficient (Wildman–Crippen LogP) is 4.60. The Morgan fingerprint density at radius 1 is 1.12 bits per heavy atom. The van der Waals surface area contributed by atoms with Gasteiger partial charge < -0.3 is 14.6 Å². The molecule has 1 heterocycles. The van der Waals surface area contributed by atoms with Crippen LogP contribution in [0, 0.1) is 0 Å². The van der Waals surface area contributed by atoms with E-state index in [2.05, 4.69) is 15.5 Å². The number of para-hydroxylation sites is 1. The quantitative estimate of drug-likeness (QED) is 0.493. The van der Waals surface area contributed by atoms with Crippen LogP contribution in [-0.2, 0) is 15.8 Å². The van der Waals surface area contributed by atoms with Crippen LogP contribution in [0.1, 0.15) is 5.56 Å². The zero-order valence-electron chi connectivity index (χ0n) is 16.5. The number of nitrogens with one attached hydrogen (secondary N) is 1. The molecule has 0 bridgehead atoms. The van der Waals surface area contributed by atoms with Gasteiger partial charge in [-0.1, -0.05) is 35.5 Å². The Kier molecular flexibility index (Phi) is 7.41. The number of rotatable bonds is 7. The van der Waals surface area contributed by atoms with Gasteiger partial charge in [-0.2, -0.15) is 13.2 Å². The summed E-state index contributed by atoms with van der Waals surface area (Å²) in [5.41, 5.74) is -0.681. The smallest absolute Gasteiger partial charge is 0.411 e. The molecule has 168 valence electrons. The number of carbonyl (C=O) groups is 2. The number of benzene rings is 2. The summed E-state index contributed by atoms with van der Waals surface area (Å²) in [6, 6.07) is 11.4. The number of amides is 2. The Balaban J connectivity index is 1.52. The normalized spacial score (nSPS) is 11.3. The number of thioether (sulfide) groups is 1. The Hall–Kier alpha value is -3.05. The molecule has 0 saturated carbocycles. The largest absolute Gasteiger partial charge is 0.418 e. The lowest BCUT2D eigenvalue weighted by Crippen LogP contribution is -2.36. The molecule has 3 rings (SSSR count). The zero-order chi connectivity index (χ0) is 23.3. The van der Waals surface area contributed by atoms with Crippen molar-refractivity contribution >= 4 is 40.9 Å². The third-order valence-electron chi connectivity index (χ3n) is 4.13. The zero-order valence-corrected chi connectivity index (χ0v) is 18.1. The minimum atomic E-state index is -4.61. The van der Waals surface area contributed by atoms with Crippen molar-refractivity contribution < 1.29 is 27.2 Å². The molecular formula is C20H16ClF3N4O3S. The molecule has 0 aliphatic rings. The number of anilines is 1. The van der Waals surface area contributed by atoms with Gasteiger partial charge >= 0.3 is 6.18 Å². The van der Waals surface area contributed by atoms with E-state index in [0.29, 0.717) is 10.6 Å². The first-order valence-electron chi connectivity index (χ1n) is 9.06. The van der Waals surface area contributed by atoms with E-state index in [1.165, 1.54) is 19.2 Å². The molecule has 0 unspecified atom stereocenters. The molecule has 0 fully saturated rings. The summed E-state index contributed by atoms with van der Waals surface area (Å²) in [7, 11) is 1.37. The summed E-state index contributed by atoms with van der Waals surface area (Å²) in [5.74, 6) is -1.05. The molecule has 12 heteroatoms. The van der Waals surface area contributed by atoms with Crippen LogP contribution in [-0.4, -0.2) is 46.3 Å². The fourth-order valence-electron chi connectivity index (χ4n) is 2.54. The highest BCUT2D eigenvalue weighted by Gasteiger charge is 2.33. The van der Waals surface area contributed by atoms with Gasteiger partial charge in [-0.15, -0.1) is 10.2 Å². The maximum Gasteiger partial charge on any atom is 0.418 e. The standard InChI is InChI=1S/C20H16ClF3N4O3S/c1-28(10-16(29)25-15-5-3-2-4-14(15)20(22,23)24)17(30)11-32-19-27-26-18(31-19)12-6-8-13(21)9-7-12/h2-9H,10-11H2,1H3,(H,25,29). The van der Waals surface area contributed by atoms with Gasteiger partial charge in [0.25, 0.3) is 5.22 Å². The van der Waals surface area contributed by atoms with Crippen LogP contribution in [0.25, 0.3) is 11.5 Å². The van der Waals surface area contributed by atoms with Gasteiger partial charge in [0.05, 0.1) is 23.5 Å². The first-order valence-corrected chi connectivity index (χ1v) is 10.4. The Labute approximate surface area is 189 Å². The molecule has 2 aromatic carbocycles. The molecule has 2 amide bonds. The van der Waals surface area contributed by atoms with Gasteiger partial charge in [-0.05, 0) is 36.4 Å². The summed E-state index contributed by atoms with van der Waals surface area (Å²) in [4.78, 5) is 25.5. The third kappa shape index (κ3) is 6.24. The van der Waals surface area contributed by atoms with E-state index in [0.717, 1.165) is 28.8 Å². The fraction of sp³-hybridized carbons (Fsp3) is 0.200. The molecule has 0 atom stereocenters. The molecule has 1 N–H and O–H groups in total. The van der Waals surface area contributed by atoms with E-state index < -0.39 is 30.1 Å². The summed E-state index contributed by atoms with van der Waals surface area (Å²) in [6.07, 6.45) is -4.61. The lowest BCUT2D eigenvalue weighted by molar-refractivity contribution is -0.137. The van der Waals surface area contributed by atoms with Crippen LogP contribution < -0.4 is 5.32 Å². The molecule has 0 aliphatic carbocycles. The van der Waals surface area contributed by atoms with Crippen molar-refractivity contribution in [2.75, 3.05) is 24.7 Å². The van der Waals surface area contributed by atoms with Crippen LogP contribution >= 0.6 is 23.4 Å². The molecule has 0 aliphatic heterocycles. The fourth-order valence-corrected chi connectivity index (χ4v) is 3.37. The molecule has 1 aromatic heterocycles. The molecular weight excluding hydrogens is 469 g/mol. The summed E-state index contributed by atoms with van der Waals surface area (Å²) < 4.78 is 44.6. The highest BCUT2D eigenvalue weighted by molar-refractivity contribution is 7.99. The third-order valence-corrected chi connectivity index (χ3v) is 5.19. The van der Waals surface area contributed by atoms with E-state index in [1.807, 2.05) is 0 Å². The van der Waals surface area contributed by atoms with Gasteiger partial charge in [0, 0.05) is 17.6 Å². The van der Waals surface area contributed by atoms with E-state index in [1.54, 1.807) is 24.3 Å². The van der Waals surface area contributed by atoms with Crippen molar-refractivity contribution in [3.05, 3.63) is 59.1 Å². The van der Waals surface area contributed by atoms with Crippen molar-refractivity contribution in [1.82, 2.24) is 15.1 Å². The second kappa shape index (κ2) is 10.0. The summed E-state index contributed by atoms with van der Waals surface area (Å²) in [5, 5.41) is 10.7. The molecule has 3 aromatic rings. The molecule has 7 nitrogen and oxygen atoms in total. The second-order valence-corrected chi connectivity index (χ2v) is 7.87. The molecule has 0 spiro atoms. The maximum atomic E-state index is 13.0. The second-order valence-electron chi connectivity index (χ2n) is 6.51. The summed E-state index contributed by atoms with van der Waals surface area (Å²) in [6.45, 7) is -0.425. The van der Waals surface area contributed by atoms with Gasteiger partial charge in [0.15, 0.2) is 0 Å². The Bertz CT molecular complexity index is 1110. The minimum absolute atomic E-state index is 0.106. The number of carbonyl (C=O) groups excluding carboxylic acids is 2. The summed E-state index contributed by atoms with van der Waals surface area (Å²) >= 11 is 6.81. The van der Waals surface area contributed by atoms with Gasteiger partial charge in [0.1, 0.15) is 0 Å². The SMILES string of the molecule is CN(CC(=O)Nc1ccccc1C(F)(F)F)C(=O)CSc1nnc(-c2ccc(Cl)cc2)o1. The van der Waals surface area contributed by atoms with Crippen LogP contribution in [0.15, 0.2) is 58.2 Å². The van der Waals surface area contributed by atoms with Crippen LogP contribution in [0.2, 0.25) is 5.02 Å². The van der Waals surface area contributed by atoms with Crippen molar-refractivity contribution in [3.63, 3.8) is 0 Å². The highest BCUT2D eigenvalue weighted by atomic mass is 35.5. The van der Waals surface area contributed by atoms with Crippen molar-refractivity contribution in [1.29, 1.82) is 0 Å². The Morgan fingerprint density at radius 3 is 2.50 bits per heavy atom. The van der Waals surface area contributed by atoms with Crippen molar-refractivity contribution in [2.24, 2.45) is 0 Å². The lowest BCUT2D eigenvalue weighted by atomic mass is 10.1. The average Bonchev–Trinajstić information content (AvgIpc) is 3.21. The topological polar surface area (TPSA) is 88.3 Å². The van der Waals surface area contributed by atoms with Gasteiger partial charge in [0.2, 0.25) is 17.7 Å². The van der Waals surface area contributed by atoms with E-state index >= 15 is 0 Å². The van der Waals surface area contributed by atoms with E-state index in [4.69, 9.17) is 16.0 Å². The highest BCUT2D eigenvalue weighted by Crippen LogP contribution is 2.34. The van der Waals surface area contributed by atoms with Crippen molar-refractivity contribution in [2.45, 2.75) is 11.4 Å². The van der Waals surface area contributed by atoms with Crippen molar-refractivity contribution in [3.8, 4) is 11.5 Å². The first-order chi connectivity index (χ1) is 15.1. The number of hydrogen-bond donors (Lipinski definition) is 1. The number of nitrogens with zero attached hydrogens (tertiary/aromatic N) is 3. The molecule has 0 saturated heterocycles. The van der Waals surface area contributed by atoms with Crippen LogP contribution in [0.3, 0.4) is 0 Å². The number of hydrogen-bond acceptors (Lipinski definition) is 6. The predicted molar refractivity (Wildman–Crippen MR) is 113 cm³/mol. The number of aromatic nitrogens is 2. The minimum Gasteiger partial charge on any atom is -0.411 e. The monoisotopic (exact) mass is 484 g/mol. The average molecular weight is 485 g/mol.